The molecule has 1 rings (SSSR count). The van der Waals surface area contributed by atoms with Gasteiger partial charge in [-0.15, -0.1) is 0 Å². The van der Waals surface area contributed by atoms with Crippen LogP contribution in [0.3, 0.4) is 0 Å². The van der Waals surface area contributed by atoms with Gasteiger partial charge in [0.05, 0.1) is 0 Å². The zero-order valence-corrected chi connectivity index (χ0v) is 11.4. The molecule has 1 heterocycles. The molecule has 0 saturated carbocycles. The second-order valence-electron chi connectivity index (χ2n) is 5.58. The highest BCUT2D eigenvalue weighted by Crippen LogP contribution is 2.29. The minimum atomic E-state index is 0.431. The minimum Gasteiger partial charge on any atom is -0.303 e. The first-order valence-electron chi connectivity index (χ1n) is 5.82. The normalized spacial score (nSPS) is 22.3. The minimum absolute atomic E-state index is 0.431. The molecule has 2 heteroatoms. The van der Waals surface area contributed by atoms with E-state index in [-0.39, 0.29) is 0 Å². The van der Waals surface area contributed by atoms with Crippen molar-refractivity contribution >= 4 is 15.9 Å². The van der Waals surface area contributed by atoms with E-state index in [0.717, 1.165) is 11.2 Å². The smallest absolute Gasteiger partial charge is 0.00768 e. The summed E-state index contributed by atoms with van der Waals surface area (Å²) in [4.78, 5) is 2.64. The van der Waals surface area contributed by atoms with E-state index in [4.69, 9.17) is 0 Å². The van der Waals surface area contributed by atoms with Crippen LogP contribution < -0.4 is 0 Å². The molecular weight excluding hydrogens is 238 g/mol. The first kappa shape index (κ1) is 12.5. The van der Waals surface area contributed by atoms with Gasteiger partial charge in [0, 0.05) is 11.9 Å². The zero-order valence-electron chi connectivity index (χ0n) is 9.85. The Kier molecular flexibility index (Phi) is 4.92. The van der Waals surface area contributed by atoms with Gasteiger partial charge in [0.15, 0.2) is 0 Å². The van der Waals surface area contributed by atoms with E-state index in [1.165, 1.54) is 38.9 Å². The lowest BCUT2D eigenvalue weighted by atomic mass is 9.81. The van der Waals surface area contributed by atoms with E-state index in [2.05, 4.69) is 41.6 Å². The van der Waals surface area contributed by atoms with Gasteiger partial charge in [0.2, 0.25) is 0 Å². The second-order valence-corrected chi connectivity index (χ2v) is 6.23. The number of nitrogens with zero attached hydrogens (tertiary/aromatic N) is 1. The van der Waals surface area contributed by atoms with Crippen molar-refractivity contribution in [3.63, 3.8) is 0 Å². The fourth-order valence-electron chi connectivity index (χ4n) is 2.01. The van der Waals surface area contributed by atoms with Crippen molar-refractivity contribution in [3.05, 3.63) is 0 Å². The van der Waals surface area contributed by atoms with Crippen LogP contribution in [0.2, 0.25) is 0 Å². The van der Waals surface area contributed by atoms with Crippen molar-refractivity contribution in [1.82, 2.24) is 4.90 Å². The lowest BCUT2D eigenvalue weighted by molar-refractivity contribution is 0.146. The molecule has 0 aliphatic carbocycles. The Labute approximate surface area is 97.4 Å². The lowest BCUT2D eigenvalue weighted by Gasteiger charge is -2.36. The number of halogens is 1. The van der Waals surface area contributed by atoms with E-state index in [1.807, 2.05) is 0 Å². The highest BCUT2D eigenvalue weighted by Gasteiger charge is 2.26. The molecule has 1 atom stereocenters. The van der Waals surface area contributed by atoms with Gasteiger partial charge in [-0.25, -0.2) is 0 Å². The maximum absolute atomic E-state index is 3.65. The van der Waals surface area contributed by atoms with Gasteiger partial charge in [0.25, 0.3) is 0 Å². The van der Waals surface area contributed by atoms with Gasteiger partial charge in [-0.1, -0.05) is 43.1 Å². The summed E-state index contributed by atoms with van der Waals surface area (Å²) >= 11 is 3.65. The maximum atomic E-state index is 3.65. The summed E-state index contributed by atoms with van der Waals surface area (Å²) in [6.07, 6.45) is 4.24. The van der Waals surface area contributed by atoms with E-state index in [1.54, 1.807) is 0 Å². The van der Waals surface area contributed by atoms with Crippen LogP contribution in [0.1, 0.15) is 40.0 Å². The Morgan fingerprint density at radius 3 is 2.14 bits per heavy atom. The second kappa shape index (κ2) is 5.50. The van der Waals surface area contributed by atoms with Crippen LogP contribution >= 0.6 is 15.9 Å². The molecule has 1 saturated heterocycles. The molecule has 0 aromatic heterocycles. The van der Waals surface area contributed by atoms with Crippen molar-refractivity contribution in [2.75, 3.05) is 25.0 Å². The number of likely N-dealkylation sites (tertiary alicyclic amines) is 1. The molecule has 14 heavy (non-hydrogen) atoms. The highest BCUT2D eigenvalue weighted by atomic mass is 79.9. The fourth-order valence-corrected chi connectivity index (χ4v) is 3.18. The Hall–Kier alpha value is 0.440. The zero-order chi connectivity index (χ0) is 10.6. The van der Waals surface area contributed by atoms with Crippen LogP contribution in [0, 0.1) is 11.3 Å². The molecule has 0 bridgehead atoms. The number of rotatable bonds is 3. The number of alkyl halides is 1. The Morgan fingerprint density at radius 2 is 1.71 bits per heavy atom. The Bertz CT molecular complexity index is 156. The van der Waals surface area contributed by atoms with Crippen LogP contribution in [0.5, 0.6) is 0 Å². The standard InChI is InChI=1S/C12H24BrN/c1-12(2,3)11(9-13)10-14-7-5-4-6-8-14/h11H,4-10H2,1-3H3. The number of hydrogen-bond acceptors (Lipinski definition) is 1. The third-order valence-electron chi connectivity index (χ3n) is 3.34. The average molecular weight is 262 g/mol. The average Bonchev–Trinajstić information content (AvgIpc) is 2.14. The van der Waals surface area contributed by atoms with Crippen LogP contribution in [0.15, 0.2) is 0 Å². The molecule has 1 aliphatic heterocycles. The first-order chi connectivity index (χ1) is 6.54. The van der Waals surface area contributed by atoms with E-state index < -0.39 is 0 Å². The molecule has 0 spiro atoms. The molecule has 84 valence electrons. The summed E-state index contributed by atoms with van der Waals surface area (Å²) in [7, 11) is 0. The van der Waals surface area contributed by atoms with Crippen molar-refractivity contribution in [3.8, 4) is 0 Å². The molecule has 0 aromatic carbocycles. The molecule has 1 unspecified atom stereocenters. The molecule has 0 amide bonds. The molecule has 1 fully saturated rings. The third-order valence-corrected chi connectivity index (χ3v) is 4.12. The molecule has 0 aromatic rings. The quantitative estimate of drug-likeness (QED) is 0.703. The van der Waals surface area contributed by atoms with Crippen molar-refractivity contribution in [2.45, 2.75) is 40.0 Å². The predicted octanol–water partition coefficient (Wildman–Crippen LogP) is 3.53. The van der Waals surface area contributed by atoms with Gasteiger partial charge in [0.1, 0.15) is 0 Å². The van der Waals surface area contributed by atoms with Crippen LogP contribution in [-0.2, 0) is 0 Å². The monoisotopic (exact) mass is 261 g/mol. The molecule has 0 N–H and O–H groups in total. The topological polar surface area (TPSA) is 3.24 Å². The van der Waals surface area contributed by atoms with Gasteiger partial charge in [-0.05, 0) is 37.3 Å². The van der Waals surface area contributed by atoms with E-state index in [0.29, 0.717) is 5.41 Å². The molecular formula is C12H24BrN. The first-order valence-corrected chi connectivity index (χ1v) is 6.94. The van der Waals surface area contributed by atoms with Gasteiger partial charge in [-0.3, -0.25) is 0 Å². The Morgan fingerprint density at radius 1 is 1.14 bits per heavy atom. The van der Waals surface area contributed by atoms with Crippen molar-refractivity contribution in [1.29, 1.82) is 0 Å². The summed E-state index contributed by atoms with van der Waals surface area (Å²) in [5.74, 6) is 0.778. The predicted molar refractivity (Wildman–Crippen MR) is 67.0 cm³/mol. The Balaban J connectivity index is 2.39. The van der Waals surface area contributed by atoms with Crippen LogP contribution in [0.25, 0.3) is 0 Å². The number of piperidine rings is 1. The lowest BCUT2D eigenvalue weighted by Crippen LogP contribution is -2.39. The molecule has 1 nitrogen and oxygen atoms in total. The fraction of sp³-hybridized carbons (Fsp3) is 1.00. The van der Waals surface area contributed by atoms with Crippen LogP contribution in [0.4, 0.5) is 0 Å². The van der Waals surface area contributed by atoms with Crippen LogP contribution in [-0.4, -0.2) is 29.9 Å². The molecule has 0 radical (unpaired) electrons. The highest BCUT2D eigenvalue weighted by molar-refractivity contribution is 9.09. The molecule has 1 aliphatic rings. The van der Waals surface area contributed by atoms with E-state index in [9.17, 15) is 0 Å². The SMILES string of the molecule is CC(C)(C)C(CBr)CN1CCCCC1. The summed E-state index contributed by atoms with van der Waals surface area (Å²) in [5.41, 5.74) is 0.431. The third kappa shape index (κ3) is 3.90. The summed E-state index contributed by atoms with van der Waals surface area (Å²) in [5, 5.41) is 1.13. The van der Waals surface area contributed by atoms with Gasteiger partial charge >= 0.3 is 0 Å². The van der Waals surface area contributed by atoms with Gasteiger partial charge < -0.3 is 4.90 Å². The van der Waals surface area contributed by atoms with Crippen molar-refractivity contribution in [2.24, 2.45) is 11.3 Å². The summed E-state index contributed by atoms with van der Waals surface area (Å²) in [6, 6.07) is 0. The van der Waals surface area contributed by atoms with Crippen molar-refractivity contribution < 1.29 is 0 Å². The summed E-state index contributed by atoms with van der Waals surface area (Å²) < 4.78 is 0. The van der Waals surface area contributed by atoms with Gasteiger partial charge in [-0.2, -0.15) is 0 Å². The summed E-state index contributed by atoms with van der Waals surface area (Å²) in [6.45, 7) is 11.0. The number of hydrogen-bond donors (Lipinski definition) is 0. The van der Waals surface area contributed by atoms with E-state index >= 15 is 0 Å². The maximum Gasteiger partial charge on any atom is 0.00768 e. The largest absolute Gasteiger partial charge is 0.303 e.